The number of fused-ring (bicyclic) bond motifs is 1. The molecule has 1 N–H and O–H groups in total. The number of amides is 1. The van der Waals surface area contributed by atoms with Crippen molar-refractivity contribution in [3.05, 3.63) is 35.6 Å². The summed E-state index contributed by atoms with van der Waals surface area (Å²) in [4.78, 5) is 22.5. The van der Waals surface area contributed by atoms with Gasteiger partial charge in [-0.3, -0.25) is 4.79 Å². The summed E-state index contributed by atoms with van der Waals surface area (Å²) in [5.74, 6) is 0.671. The number of likely N-dealkylation sites (N-methyl/N-ethyl adjacent to an activating group) is 1. The number of thiazole rings is 1. The maximum absolute atomic E-state index is 11.9. The van der Waals surface area contributed by atoms with Gasteiger partial charge in [0.05, 0.1) is 11.7 Å². The lowest BCUT2D eigenvalue weighted by Gasteiger charge is -2.11. The first-order valence-corrected chi connectivity index (χ1v) is 7.67. The lowest BCUT2D eigenvalue weighted by molar-refractivity contribution is -0.129. The normalized spacial score (nSPS) is 10.5. The van der Waals surface area contributed by atoms with Crippen LogP contribution < -0.4 is 5.32 Å². The second-order valence-corrected chi connectivity index (χ2v) is 6.12. The van der Waals surface area contributed by atoms with Crippen LogP contribution in [0.1, 0.15) is 4.88 Å². The molecule has 0 atom stereocenters. The summed E-state index contributed by atoms with van der Waals surface area (Å²) in [5.41, 5.74) is 0.912. The van der Waals surface area contributed by atoms with Gasteiger partial charge in [0.2, 0.25) is 5.91 Å². The van der Waals surface area contributed by atoms with Crippen LogP contribution in [0.4, 0.5) is 10.9 Å². The first-order chi connectivity index (χ1) is 11.1. The van der Waals surface area contributed by atoms with Crippen LogP contribution in [-0.2, 0) is 11.3 Å². The van der Waals surface area contributed by atoms with Gasteiger partial charge in [0.15, 0.2) is 5.13 Å². The van der Waals surface area contributed by atoms with Crippen molar-refractivity contribution in [1.29, 1.82) is 5.26 Å². The number of carbonyl (C=O) groups excluding carboxylic acids is 1. The van der Waals surface area contributed by atoms with E-state index in [1.165, 1.54) is 17.5 Å². The predicted octanol–water partition coefficient (Wildman–Crippen LogP) is 2.20. The average Bonchev–Trinajstić information content (AvgIpc) is 3.15. The van der Waals surface area contributed by atoms with Crippen molar-refractivity contribution >= 4 is 39.1 Å². The van der Waals surface area contributed by atoms with Crippen LogP contribution >= 0.6 is 11.3 Å². The standard InChI is InChI=1S/C15H14N6OS/c1-20(2)13(22)9-21-6-4-11-12(21)3-5-17-14(11)19-15-18-8-10(7-16)23-15/h3-6,8H,9H2,1-2H3,(H,17,18,19). The monoisotopic (exact) mass is 326 g/mol. The average molecular weight is 326 g/mol. The Bertz CT molecular complexity index is 904. The van der Waals surface area contributed by atoms with E-state index in [9.17, 15) is 4.79 Å². The van der Waals surface area contributed by atoms with Gasteiger partial charge in [-0.2, -0.15) is 5.26 Å². The van der Waals surface area contributed by atoms with Gasteiger partial charge in [-0.15, -0.1) is 0 Å². The van der Waals surface area contributed by atoms with Gasteiger partial charge >= 0.3 is 0 Å². The Morgan fingerprint density at radius 2 is 2.26 bits per heavy atom. The number of nitrogens with zero attached hydrogens (tertiary/aromatic N) is 5. The molecule has 7 nitrogen and oxygen atoms in total. The van der Waals surface area contributed by atoms with Crippen molar-refractivity contribution in [2.75, 3.05) is 19.4 Å². The van der Waals surface area contributed by atoms with Gasteiger partial charge in [0, 0.05) is 31.9 Å². The number of hydrogen-bond acceptors (Lipinski definition) is 6. The van der Waals surface area contributed by atoms with Crippen molar-refractivity contribution in [1.82, 2.24) is 19.4 Å². The number of pyridine rings is 1. The molecule has 3 rings (SSSR count). The minimum atomic E-state index is 0.0207. The van der Waals surface area contributed by atoms with Crippen LogP contribution in [0.2, 0.25) is 0 Å². The SMILES string of the molecule is CN(C)C(=O)Cn1ccc2c(Nc3ncc(C#N)s3)nccc21. The quantitative estimate of drug-likeness (QED) is 0.794. The molecular weight excluding hydrogens is 312 g/mol. The maximum Gasteiger partial charge on any atom is 0.241 e. The van der Waals surface area contributed by atoms with Gasteiger partial charge in [0.1, 0.15) is 23.3 Å². The topological polar surface area (TPSA) is 86.8 Å². The van der Waals surface area contributed by atoms with Crippen molar-refractivity contribution in [2.45, 2.75) is 6.54 Å². The fraction of sp³-hybridized carbons (Fsp3) is 0.200. The predicted molar refractivity (Wildman–Crippen MR) is 88.5 cm³/mol. The van der Waals surface area contributed by atoms with E-state index in [1.807, 2.05) is 22.9 Å². The summed E-state index contributed by atoms with van der Waals surface area (Å²) < 4.78 is 1.88. The summed E-state index contributed by atoms with van der Waals surface area (Å²) in [5, 5.41) is 13.5. The number of aromatic nitrogens is 3. The Morgan fingerprint density at radius 1 is 1.43 bits per heavy atom. The zero-order valence-corrected chi connectivity index (χ0v) is 13.5. The van der Waals surface area contributed by atoms with E-state index in [-0.39, 0.29) is 12.5 Å². The van der Waals surface area contributed by atoms with Gasteiger partial charge in [-0.05, 0) is 12.1 Å². The van der Waals surface area contributed by atoms with Gasteiger partial charge < -0.3 is 14.8 Å². The minimum absolute atomic E-state index is 0.0207. The molecule has 0 aromatic carbocycles. The number of rotatable bonds is 4. The first-order valence-electron chi connectivity index (χ1n) is 6.85. The Hall–Kier alpha value is -2.92. The second-order valence-electron chi connectivity index (χ2n) is 5.09. The molecule has 3 aromatic heterocycles. The highest BCUT2D eigenvalue weighted by Gasteiger charge is 2.12. The molecule has 0 fully saturated rings. The number of nitrogens with one attached hydrogen (secondary N) is 1. The second kappa shape index (κ2) is 6.06. The van der Waals surface area contributed by atoms with E-state index in [0.29, 0.717) is 15.8 Å². The molecule has 3 heterocycles. The molecule has 0 aliphatic carbocycles. The van der Waals surface area contributed by atoms with E-state index in [4.69, 9.17) is 5.26 Å². The zero-order chi connectivity index (χ0) is 16.4. The van der Waals surface area contributed by atoms with Gasteiger partial charge in [-0.1, -0.05) is 11.3 Å². The summed E-state index contributed by atoms with van der Waals surface area (Å²) in [6.07, 6.45) is 5.07. The molecule has 0 unspecified atom stereocenters. The highest BCUT2D eigenvalue weighted by Crippen LogP contribution is 2.27. The van der Waals surface area contributed by atoms with E-state index in [0.717, 1.165) is 10.9 Å². The largest absolute Gasteiger partial charge is 0.347 e. The van der Waals surface area contributed by atoms with E-state index < -0.39 is 0 Å². The molecule has 0 saturated heterocycles. The van der Waals surface area contributed by atoms with E-state index in [2.05, 4.69) is 21.4 Å². The van der Waals surface area contributed by atoms with Crippen molar-refractivity contribution in [3.63, 3.8) is 0 Å². The molecule has 0 bridgehead atoms. The fourth-order valence-electron chi connectivity index (χ4n) is 2.13. The Kier molecular flexibility index (Phi) is 3.95. The van der Waals surface area contributed by atoms with Crippen molar-refractivity contribution in [3.8, 4) is 6.07 Å². The summed E-state index contributed by atoms with van der Waals surface area (Å²) >= 11 is 1.27. The molecule has 0 spiro atoms. The van der Waals surface area contributed by atoms with Crippen LogP contribution in [0.5, 0.6) is 0 Å². The summed E-state index contributed by atoms with van der Waals surface area (Å²) in [7, 11) is 3.47. The number of hydrogen-bond donors (Lipinski definition) is 1. The molecular formula is C15H14N6OS. The van der Waals surface area contributed by atoms with Crippen LogP contribution in [-0.4, -0.2) is 39.4 Å². The summed E-state index contributed by atoms with van der Waals surface area (Å²) in [6, 6.07) is 5.83. The lowest BCUT2D eigenvalue weighted by Crippen LogP contribution is -2.25. The zero-order valence-electron chi connectivity index (χ0n) is 12.6. The van der Waals surface area contributed by atoms with E-state index >= 15 is 0 Å². The molecule has 23 heavy (non-hydrogen) atoms. The highest BCUT2D eigenvalue weighted by molar-refractivity contribution is 7.16. The number of carbonyl (C=O) groups is 1. The van der Waals surface area contributed by atoms with E-state index in [1.54, 1.807) is 25.2 Å². The Balaban J connectivity index is 1.92. The number of nitriles is 1. The smallest absolute Gasteiger partial charge is 0.241 e. The molecule has 0 aliphatic heterocycles. The van der Waals surface area contributed by atoms with Gasteiger partial charge in [0.25, 0.3) is 0 Å². The van der Waals surface area contributed by atoms with Crippen LogP contribution in [0, 0.1) is 11.3 Å². The lowest BCUT2D eigenvalue weighted by atomic mass is 10.3. The molecule has 8 heteroatoms. The van der Waals surface area contributed by atoms with Crippen LogP contribution in [0.3, 0.4) is 0 Å². The molecule has 3 aromatic rings. The molecule has 0 radical (unpaired) electrons. The Labute approximate surface area is 136 Å². The highest BCUT2D eigenvalue weighted by atomic mass is 32.1. The van der Waals surface area contributed by atoms with Crippen molar-refractivity contribution < 1.29 is 4.79 Å². The molecule has 116 valence electrons. The fourth-order valence-corrected chi connectivity index (χ4v) is 2.74. The Morgan fingerprint density at radius 3 is 2.96 bits per heavy atom. The van der Waals surface area contributed by atoms with Gasteiger partial charge in [-0.25, -0.2) is 9.97 Å². The third-order valence-corrected chi connectivity index (χ3v) is 4.16. The molecule has 0 aliphatic rings. The van der Waals surface area contributed by atoms with Crippen LogP contribution in [0.15, 0.2) is 30.7 Å². The third-order valence-electron chi connectivity index (χ3n) is 3.34. The number of anilines is 2. The third kappa shape index (κ3) is 3.00. The van der Waals surface area contributed by atoms with Crippen LogP contribution in [0.25, 0.3) is 10.9 Å². The maximum atomic E-state index is 11.9. The molecule has 1 amide bonds. The first kappa shape index (κ1) is 15.0. The van der Waals surface area contributed by atoms with Crippen molar-refractivity contribution in [2.24, 2.45) is 0 Å². The summed E-state index contributed by atoms with van der Waals surface area (Å²) in [6.45, 7) is 0.274. The minimum Gasteiger partial charge on any atom is -0.347 e. The molecule has 0 saturated carbocycles.